The molecular formula is C14H23N3O2. The van der Waals surface area contributed by atoms with Crippen LogP contribution in [0.2, 0.25) is 0 Å². The minimum absolute atomic E-state index is 0.0483. The van der Waals surface area contributed by atoms with Gasteiger partial charge in [-0.1, -0.05) is 13.8 Å². The Morgan fingerprint density at radius 3 is 2.21 bits per heavy atom. The number of carbonyl (C=O) groups excluding carboxylic acids is 2. The molecule has 2 heterocycles. The molecule has 1 fully saturated rings. The third-order valence-electron chi connectivity index (χ3n) is 4.45. The van der Waals surface area contributed by atoms with Gasteiger partial charge in [-0.15, -0.1) is 0 Å². The second-order valence-electron chi connectivity index (χ2n) is 5.38. The van der Waals surface area contributed by atoms with Crippen molar-refractivity contribution in [3.63, 3.8) is 0 Å². The van der Waals surface area contributed by atoms with Crippen molar-refractivity contribution in [2.24, 2.45) is 5.41 Å². The molecule has 0 saturated carbocycles. The zero-order valence-corrected chi connectivity index (χ0v) is 12.1. The topological polar surface area (TPSA) is 43.9 Å². The molecule has 0 aromatic heterocycles. The van der Waals surface area contributed by atoms with Crippen LogP contribution in [0.15, 0.2) is 12.3 Å². The molecule has 0 atom stereocenters. The molecule has 2 aliphatic heterocycles. The third-order valence-corrected chi connectivity index (χ3v) is 4.45. The molecule has 106 valence electrons. The van der Waals surface area contributed by atoms with E-state index in [4.69, 9.17) is 0 Å². The van der Waals surface area contributed by atoms with E-state index in [0.717, 1.165) is 26.2 Å². The van der Waals surface area contributed by atoms with Crippen LogP contribution in [0, 0.1) is 5.41 Å². The van der Waals surface area contributed by atoms with Gasteiger partial charge in [0.25, 0.3) is 5.91 Å². The van der Waals surface area contributed by atoms with E-state index < -0.39 is 5.41 Å². The first-order valence-corrected chi connectivity index (χ1v) is 7.05. The number of hydrogen-bond donors (Lipinski definition) is 0. The fourth-order valence-corrected chi connectivity index (χ4v) is 2.83. The standard InChI is InChI=1S/C14H23N3O2/c1-4-14(5-2)12(18)6-7-17(13(14)19)16-10-8-15(3)9-11-16/h6-7H,4-5,8-11H2,1-3H3. The van der Waals surface area contributed by atoms with Crippen molar-refractivity contribution in [3.8, 4) is 0 Å². The Labute approximate surface area is 114 Å². The van der Waals surface area contributed by atoms with Crippen LogP contribution in [0.25, 0.3) is 0 Å². The molecule has 0 aromatic rings. The SMILES string of the molecule is CCC1(CC)C(=O)C=CN(N2CCN(C)CC2)C1=O. The van der Waals surface area contributed by atoms with Crippen LogP contribution in [0.1, 0.15) is 26.7 Å². The van der Waals surface area contributed by atoms with Gasteiger partial charge in [-0.25, -0.2) is 10.0 Å². The normalized spacial score (nSPS) is 25.1. The molecular weight excluding hydrogens is 242 g/mol. The molecule has 0 radical (unpaired) electrons. The second kappa shape index (κ2) is 5.43. The van der Waals surface area contributed by atoms with Crippen LogP contribution >= 0.6 is 0 Å². The lowest BCUT2D eigenvalue weighted by molar-refractivity contribution is -0.162. The first-order valence-electron chi connectivity index (χ1n) is 7.05. The van der Waals surface area contributed by atoms with E-state index >= 15 is 0 Å². The van der Waals surface area contributed by atoms with Crippen molar-refractivity contribution in [2.45, 2.75) is 26.7 Å². The van der Waals surface area contributed by atoms with Crippen LogP contribution < -0.4 is 0 Å². The van der Waals surface area contributed by atoms with Gasteiger partial charge in [-0.3, -0.25) is 9.59 Å². The lowest BCUT2D eigenvalue weighted by Gasteiger charge is -2.43. The Balaban J connectivity index is 2.21. The zero-order valence-electron chi connectivity index (χ0n) is 12.1. The maximum absolute atomic E-state index is 12.7. The summed E-state index contributed by atoms with van der Waals surface area (Å²) in [5.74, 6) is -0.109. The Morgan fingerprint density at radius 2 is 1.68 bits per heavy atom. The molecule has 2 rings (SSSR count). The van der Waals surface area contributed by atoms with Gasteiger partial charge in [0.1, 0.15) is 5.41 Å². The van der Waals surface area contributed by atoms with E-state index in [2.05, 4.69) is 11.9 Å². The maximum atomic E-state index is 12.7. The van der Waals surface area contributed by atoms with Gasteiger partial charge in [0.05, 0.1) is 0 Å². The summed E-state index contributed by atoms with van der Waals surface area (Å²) in [5, 5.41) is 3.72. The van der Waals surface area contributed by atoms with Crippen LogP contribution in [-0.4, -0.2) is 59.8 Å². The molecule has 5 heteroatoms. The summed E-state index contributed by atoms with van der Waals surface area (Å²) in [6, 6.07) is 0. The number of ketones is 1. The van der Waals surface area contributed by atoms with E-state index in [9.17, 15) is 9.59 Å². The highest BCUT2D eigenvalue weighted by molar-refractivity contribution is 6.13. The highest BCUT2D eigenvalue weighted by Gasteiger charge is 2.47. The number of amides is 1. The number of allylic oxidation sites excluding steroid dienone is 1. The molecule has 0 spiro atoms. The van der Waals surface area contributed by atoms with Crippen molar-refractivity contribution < 1.29 is 9.59 Å². The van der Waals surface area contributed by atoms with Crippen LogP contribution in [0.4, 0.5) is 0 Å². The number of hydrogen-bond acceptors (Lipinski definition) is 4. The smallest absolute Gasteiger partial charge is 0.255 e. The number of likely N-dealkylation sites (N-methyl/N-ethyl adjacent to an activating group) is 1. The van der Waals surface area contributed by atoms with E-state index in [0.29, 0.717) is 12.8 Å². The van der Waals surface area contributed by atoms with Gasteiger partial charge >= 0.3 is 0 Å². The van der Waals surface area contributed by atoms with E-state index in [-0.39, 0.29) is 11.7 Å². The number of hydrazine groups is 1. The Kier molecular flexibility index (Phi) is 4.06. The van der Waals surface area contributed by atoms with Crippen molar-refractivity contribution in [1.82, 2.24) is 14.9 Å². The minimum atomic E-state index is -0.849. The summed E-state index contributed by atoms with van der Waals surface area (Å²) in [5.41, 5.74) is -0.849. The van der Waals surface area contributed by atoms with Crippen molar-refractivity contribution in [2.75, 3.05) is 33.2 Å². The molecule has 0 bridgehead atoms. The average Bonchev–Trinajstić information content (AvgIpc) is 2.42. The Morgan fingerprint density at radius 1 is 1.11 bits per heavy atom. The van der Waals surface area contributed by atoms with Crippen molar-refractivity contribution in [3.05, 3.63) is 12.3 Å². The van der Waals surface area contributed by atoms with E-state index in [1.54, 1.807) is 17.3 Å². The van der Waals surface area contributed by atoms with Crippen molar-refractivity contribution >= 4 is 11.7 Å². The Hall–Kier alpha value is -1.20. The van der Waals surface area contributed by atoms with Gasteiger partial charge in [-0.2, -0.15) is 0 Å². The Bertz CT molecular complexity index is 393. The van der Waals surface area contributed by atoms with Crippen molar-refractivity contribution in [1.29, 1.82) is 0 Å². The zero-order chi connectivity index (χ0) is 14.0. The quantitative estimate of drug-likeness (QED) is 0.711. The first-order chi connectivity index (χ1) is 9.05. The number of piperazine rings is 1. The highest BCUT2D eigenvalue weighted by atomic mass is 16.2. The lowest BCUT2D eigenvalue weighted by atomic mass is 9.76. The van der Waals surface area contributed by atoms with Gasteiger partial charge in [0.15, 0.2) is 5.78 Å². The molecule has 1 saturated heterocycles. The minimum Gasteiger partial charge on any atom is -0.304 e. The van der Waals surface area contributed by atoms with Crippen LogP contribution in [-0.2, 0) is 9.59 Å². The number of nitrogens with zero attached hydrogens (tertiary/aromatic N) is 3. The predicted octanol–water partition coefficient (Wildman–Crippen LogP) is 0.880. The molecule has 1 amide bonds. The summed E-state index contributed by atoms with van der Waals surface area (Å²) in [6.45, 7) is 7.36. The second-order valence-corrected chi connectivity index (χ2v) is 5.38. The van der Waals surface area contributed by atoms with Gasteiger partial charge in [-0.05, 0) is 19.9 Å². The van der Waals surface area contributed by atoms with Crippen LogP contribution in [0.3, 0.4) is 0 Å². The van der Waals surface area contributed by atoms with Crippen LogP contribution in [0.5, 0.6) is 0 Å². The average molecular weight is 265 g/mol. The monoisotopic (exact) mass is 265 g/mol. The molecule has 2 aliphatic rings. The number of rotatable bonds is 3. The third kappa shape index (κ3) is 2.32. The molecule has 0 N–H and O–H groups in total. The largest absolute Gasteiger partial charge is 0.304 e. The van der Waals surface area contributed by atoms with E-state index in [1.165, 1.54) is 0 Å². The summed E-state index contributed by atoms with van der Waals surface area (Å²) < 4.78 is 0. The first kappa shape index (κ1) is 14.2. The molecule has 0 aliphatic carbocycles. The fraction of sp³-hybridized carbons (Fsp3) is 0.714. The predicted molar refractivity (Wildman–Crippen MR) is 73.1 cm³/mol. The van der Waals surface area contributed by atoms with Gasteiger partial charge in [0, 0.05) is 38.5 Å². The molecule has 19 heavy (non-hydrogen) atoms. The molecule has 0 aromatic carbocycles. The van der Waals surface area contributed by atoms with Gasteiger partial charge < -0.3 is 4.90 Å². The highest BCUT2D eigenvalue weighted by Crippen LogP contribution is 2.34. The maximum Gasteiger partial charge on any atom is 0.255 e. The fourth-order valence-electron chi connectivity index (χ4n) is 2.83. The summed E-state index contributed by atoms with van der Waals surface area (Å²) in [7, 11) is 2.08. The summed E-state index contributed by atoms with van der Waals surface area (Å²) >= 11 is 0. The molecule has 5 nitrogen and oxygen atoms in total. The molecule has 0 unspecified atom stereocenters. The number of carbonyl (C=O) groups is 2. The summed E-state index contributed by atoms with van der Waals surface area (Å²) in [4.78, 5) is 27.1. The van der Waals surface area contributed by atoms with E-state index in [1.807, 2.05) is 18.9 Å². The summed E-state index contributed by atoms with van der Waals surface area (Å²) in [6.07, 6.45) is 4.33. The lowest BCUT2D eigenvalue weighted by Crippen LogP contribution is -2.58. The van der Waals surface area contributed by atoms with Gasteiger partial charge in [0.2, 0.25) is 0 Å².